The highest BCUT2D eigenvalue weighted by atomic mass is 32.2. The van der Waals surface area contributed by atoms with E-state index in [0.29, 0.717) is 10.8 Å². The number of aryl methyl sites for hydroxylation is 2. The highest BCUT2D eigenvalue weighted by Gasteiger charge is 2.05. The first-order valence-corrected chi connectivity index (χ1v) is 6.22. The zero-order valence-electron chi connectivity index (χ0n) is 9.73. The number of hydrogen-bond donors (Lipinski definition) is 0. The van der Waals surface area contributed by atoms with Gasteiger partial charge in [0.1, 0.15) is 6.26 Å². The second-order valence-corrected chi connectivity index (χ2v) is 4.72. The van der Waals surface area contributed by atoms with Crippen LogP contribution in [0.4, 0.5) is 0 Å². The van der Waals surface area contributed by atoms with Gasteiger partial charge in [0.15, 0.2) is 0 Å². The van der Waals surface area contributed by atoms with Crippen molar-refractivity contribution in [2.24, 2.45) is 0 Å². The molecule has 1 aromatic heterocycles. The van der Waals surface area contributed by atoms with Crippen LogP contribution in [0.15, 0.2) is 34.1 Å². The fraction of sp³-hybridized carbons (Fsp3) is 0.231. The fourth-order valence-corrected chi connectivity index (χ4v) is 2.39. The van der Waals surface area contributed by atoms with Crippen molar-refractivity contribution < 1.29 is 4.42 Å². The van der Waals surface area contributed by atoms with Crippen molar-refractivity contribution in [1.29, 1.82) is 5.26 Å². The summed E-state index contributed by atoms with van der Waals surface area (Å²) in [5, 5.41) is 9.47. The highest BCUT2D eigenvalue weighted by Crippen LogP contribution is 2.24. The number of aromatic nitrogens is 1. The lowest BCUT2D eigenvalue weighted by Crippen LogP contribution is -1.88. The van der Waals surface area contributed by atoms with Gasteiger partial charge in [0.2, 0.25) is 0 Å². The third-order valence-electron chi connectivity index (χ3n) is 2.42. The van der Waals surface area contributed by atoms with Gasteiger partial charge in [0.25, 0.3) is 5.22 Å². The fourth-order valence-electron chi connectivity index (χ4n) is 1.47. The van der Waals surface area contributed by atoms with E-state index >= 15 is 0 Å². The van der Waals surface area contributed by atoms with Gasteiger partial charge in [-0.25, -0.2) is 4.98 Å². The lowest BCUT2D eigenvalue weighted by Gasteiger charge is -2.03. The van der Waals surface area contributed by atoms with E-state index in [9.17, 15) is 0 Å². The zero-order chi connectivity index (χ0) is 12.3. The van der Waals surface area contributed by atoms with E-state index in [-0.39, 0.29) is 0 Å². The van der Waals surface area contributed by atoms with Crippen LogP contribution in [0, 0.1) is 25.2 Å². The van der Waals surface area contributed by atoms with Gasteiger partial charge in [0.05, 0.1) is 17.3 Å². The molecule has 2 aromatic rings. The lowest BCUT2D eigenvalue weighted by atomic mass is 10.1. The van der Waals surface area contributed by atoms with Crippen LogP contribution in [0.2, 0.25) is 0 Å². The molecule has 0 aliphatic carbocycles. The van der Waals surface area contributed by atoms with Crippen LogP contribution in [-0.2, 0) is 5.75 Å². The number of hydrogen-bond acceptors (Lipinski definition) is 4. The summed E-state index contributed by atoms with van der Waals surface area (Å²) >= 11 is 1.56. The molecular weight excluding hydrogens is 232 g/mol. The summed E-state index contributed by atoms with van der Waals surface area (Å²) in [6.45, 7) is 3.91. The van der Waals surface area contributed by atoms with Crippen LogP contribution in [0.3, 0.4) is 0 Å². The average molecular weight is 244 g/mol. The molecule has 0 radical (unpaired) electrons. The van der Waals surface area contributed by atoms with Gasteiger partial charge in [-0.1, -0.05) is 17.8 Å². The molecule has 0 fully saturated rings. The number of benzene rings is 1. The van der Waals surface area contributed by atoms with Crippen molar-refractivity contribution in [1.82, 2.24) is 4.98 Å². The molecule has 4 heteroatoms. The Hall–Kier alpha value is -1.73. The molecule has 17 heavy (non-hydrogen) atoms. The minimum absolute atomic E-state index is 0.686. The largest absolute Gasteiger partial charge is 0.440 e. The molecular formula is C13H12N2OS. The first kappa shape index (κ1) is 11.7. The van der Waals surface area contributed by atoms with Crippen LogP contribution < -0.4 is 0 Å². The molecule has 2 rings (SSSR count). The zero-order valence-corrected chi connectivity index (χ0v) is 10.5. The molecule has 0 saturated heterocycles. The van der Waals surface area contributed by atoms with Crippen LogP contribution in [0.1, 0.15) is 22.4 Å². The Morgan fingerprint density at radius 3 is 2.82 bits per heavy atom. The number of nitriles is 1. The Morgan fingerprint density at radius 2 is 2.24 bits per heavy atom. The van der Waals surface area contributed by atoms with Crippen LogP contribution in [0.5, 0.6) is 0 Å². The van der Waals surface area contributed by atoms with Crippen LogP contribution in [0.25, 0.3) is 0 Å². The van der Waals surface area contributed by atoms with E-state index in [4.69, 9.17) is 9.68 Å². The topological polar surface area (TPSA) is 49.8 Å². The predicted molar refractivity (Wildman–Crippen MR) is 66.7 cm³/mol. The maximum Gasteiger partial charge on any atom is 0.256 e. The first-order chi connectivity index (χ1) is 8.19. The van der Waals surface area contributed by atoms with Gasteiger partial charge in [-0.3, -0.25) is 0 Å². The minimum Gasteiger partial charge on any atom is -0.440 e. The number of nitrogens with zero attached hydrogens (tertiary/aromatic N) is 2. The Morgan fingerprint density at radius 1 is 1.41 bits per heavy atom. The molecule has 0 amide bonds. The predicted octanol–water partition coefficient (Wildman–Crippen LogP) is 3.46. The van der Waals surface area contributed by atoms with Crippen molar-refractivity contribution in [3.63, 3.8) is 0 Å². The SMILES string of the molecule is Cc1coc(SCc2ccc(C#N)cc2C)n1. The minimum atomic E-state index is 0.686. The summed E-state index contributed by atoms with van der Waals surface area (Å²) in [5.41, 5.74) is 3.91. The summed E-state index contributed by atoms with van der Waals surface area (Å²) in [4.78, 5) is 4.23. The molecule has 86 valence electrons. The van der Waals surface area contributed by atoms with Gasteiger partial charge in [0, 0.05) is 5.75 Å². The highest BCUT2D eigenvalue weighted by molar-refractivity contribution is 7.98. The monoisotopic (exact) mass is 244 g/mol. The van der Waals surface area contributed by atoms with Gasteiger partial charge in [-0.2, -0.15) is 5.26 Å². The maximum atomic E-state index is 8.78. The summed E-state index contributed by atoms with van der Waals surface area (Å²) < 4.78 is 5.27. The van der Waals surface area contributed by atoms with Crippen LogP contribution in [-0.4, -0.2) is 4.98 Å². The van der Waals surface area contributed by atoms with E-state index in [1.54, 1.807) is 18.0 Å². The second-order valence-electron chi connectivity index (χ2n) is 3.80. The number of rotatable bonds is 3. The standard InChI is InChI=1S/C13H12N2OS/c1-9-5-11(6-14)3-4-12(9)8-17-13-15-10(2)7-16-13/h3-5,7H,8H2,1-2H3. The Labute approximate surface area is 104 Å². The molecule has 0 saturated carbocycles. The average Bonchev–Trinajstić information content (AvgIpc) is 2.73. The van der Waals surface area contributed by atoms with Gasteiger partial charge in [-0.05, 0) is 37.1 Å². The summed E-state index contributed by atoms with van der Waals surface area (Å²) in [5.74, 6) is 0.803. The maximum absolute atomic E-state index is 8.78. The molecule has 0 bridgehead atoms. The third-order valence-corrected chi connectivity index (χ3v) is 3.31. The van der Waals surface area contributed by atoms with E-state index < -0.39 is 0 Å². The first-order valence-electron chi connectivity index (χ1n) is 5.23. The van der Waals surface area contributed by atoms with Crippen LogP contribution >= 0.6 is 11.8 Å². The van der Waals surface area contributed by atoms with Crippen molar-refractivity contribution >= 4 is 11.8 Å². The number of thioether (sulfide) groups is 1. The van der Waals surface area contributed by atoms with E-state index in [0.717, 1.165) is 17.0 Å². The van der Waals surface area contributed by atoms with Gasteiger partial charge in [-0.15, -0.1) is 0 Å². The van der Waals surface area contributed by atoms with E-state index in [1.807, 2.05) is 32.0 Å². The Kier molecular flexibility index (Phi) is 3.50. The Balaban J connectivity index is 2.07. The van der Waals surface area contributed by atoms with E-state index in [1.165, 1.54) is 5.56 Å². The molecule has 1 aromatic carbocycles. The van der Waals surface area contributed by atoms with Crippen molar-refractivity contribution in [2.75, 3.05) is 0 Å². The number of oxazole rings is 1. The molecule has 0 atom stereocenters. The quantitative estimate of drug-likeness (QED) is 0.776. The summed E-state index contributed by atoms with van der Waals surface area (Å²) in [7, 11) is 0. The van der Waals surface area contributed by atoms with E-state index in [2.05, 4.69) is 11.1 Å². The Bertz CT molecular complexity index is 569. The molecule has 1 heterocycles. The molecule has 0 unspecified atom stereocenters. The molecule has 0 aliphatic heterocycles. The molecule has 0 N–H and O–H groups in total. The third kappa shape index (κ3) is 2.89. The smallest absolute Gasteiger partial charge is 0.256 e. The lowest BCUT2D eigenvalue weighted by molar-refractivity contribution is 0.454. The molecule has 0 aliphatic rings. The van der Waals surface area contributed by atoms with Crippen molar-refractivity contribution in [3.05, 3.63) is 46.8 Å². The van der Waals surface area contributed by atoms with Crippen molar-refractivity contribution in [3.8, 4) is 6.07 Å². The summed E-state index contributed by atoms with van der Waals surface area (Å²) in [6.07, 6.45) is 1.65. The molecule has 3 nitrogen and oxygen atoms in total. The normalized spacial score (nSPS) is 10.2. The second kappa shape index (κ2) is 5.07. The van der Waals surface area contributed by atoms with Gasteiger partial charge >= 0.3 is 0 Å². The summed E-state index contributed by atoms with van der Waals surface area (Å²) in [6, 6.07) is 7.85. The molecule has 0 spiro atoms. The van der Waals surface area contributed by atoms with Crippen molar-refractivity contribution in [2.45, 2.75) is 24.8 Å². The van der Waals surface area contributed by atoms with Gasteiger partial charge < -0.3 is 4.42 Å².